The van der Waals surface area contributed by atoms with Gasteiger partial charge in [0, 0.05) is 18.1 Å². The van der Waals surface area contributed by atoms with Crippen LogP contribution in [0.25, 0.3) is 0 Å². The minimum absolute atomic E-state index is 0.0800. The van der Waals surface area contributed by atoms with Crippen LogP contribution in [0.3, 0.4) is 0 Å². The quantitative estimate of drug-likeness (QED) is 0.526. The van der Waals surface area contributed by atoms with Crippen LogP contribution in [0.4, 0.5) is 0 Å². The van der Waals surface area contributed by atoms with Gasteiger partial charge in [-0.3, -0.25) is 0 Å². The van der Waals surface area contributed by atoms with E-state index >= 15 is 0 Å². The van der Waals surface area contributed by atoms with Crippen molar-refractivity contribution >= 4 is 12.6 Å². The van der Waals surface area contributed by atoms with E-state index in [1.807, 2.05) is 54.6 Å². The zero-order valence-corrected chi connectivity index (χ0v) is 18.6. The second kappa shape index (κ2) is 9.35. The van der Waals surface area contributed by atoms with Crippen molar-refractivity contribution in [2.75, 3.05) is 7.05 Å². The van der Waals surface area contributed by atoms with Crippen LogP contribution in [0.1, 0.15) is 23.7 Å². The molecule has 8 heteroatoms. The topological polar surface area (TPSA) is 80.6 Å². The molecular weight excluding hydrogens is 433 g/mol. The largest absolute Gasteiger partial charge is 0.636 e. The highest BCUT2D eigenvalue weighted by atomic mass is 16.7. The molecule has 0 amide bonds. The lowest BCUT2D eigenvalue weighted by molar-refractivity contribution is 0.124. The maximum atomic E-state index is 9.93. The van der Waals surface area contributed by atoms with E-state index in [-0.39, 0.29) is 18.0 Å². The van der Waals surface area contributed by atoms with Crippen LogP contribution in [0.5, 0.6) is 17.2 Å². The van der Waals surface area contributed by atoms with Crippen molar-refractivity contribution in [2.24, 2.45) is 0 Å². The van der Waals surface area contributed by atoms with Gasteiger partial charge in [-0.2, -0.15) is 0 Å². The van der Waals surface area contributed by atoms with Gasteiger partial charge in [0.25, 0.3) is 11.9 Å². The van der Waals surface area contributed by atoms with Gasteiger partial charge in [-0.15, -0.1) is 0 Å². The third-order valence-electron chi connectivity index (χ3n) is 5.66. The van der Waals surface area contributed by atoms with Crippen LogP contribution in [-0.2, 0) is 15.7 Å². The summed E-state index contributed by atoms with van der Waals surface area (Å²) in [6.07, 6.45) is 4.30. The van der Waals surface area contributed by atoms with Gasteiger partial charge in [-0.05, 0) is 48.7 Å². The number of aliphatic hydroxyl groups is 2. The van der Waals surface area contributed by atoms with Crippen molar-refractivity contribution in [2.45, 2.75) is 18.9 Å². The lowest BCUT2D eigenvalue weighted by Gasteiger charge is -2.20. The van der Waals surface area contributed by atoms with E-state index in [0.717, 1.165) is 29.9 Å². The number of aliphatic hydroxyl groups excluding tert-OH is 2. The average Bonchev–Trinajstić information content (AvgIpc) is 3.22. The second-order valence-corrected chi connectivity index (χ2v) is 8.12. The fraction of sp³-hybridized carbons (Fsp3) is 0.154. The van der Waals surface area contributed by atoms with E-state index in [1.165, 1.54) is 22.9 Å². The van der Waals surface area contributed by atoms with Crippen molar-refractivity contribution in [1.82, 2.24) is 4.90 Å². The Balaban J connectivity index is 1.29. The van der Waals surface area contributed by atoms with Gasteiger partial charge in [0.1, 0.15) is 23.4 Å². The van der Waals surface area contributed by atoms with E-state index in [1.54, 1.807) is 19.2 Å². The van der Waals surface area contributed by atoms with Crippen LogP contribution in [-0.4, -0.2) is 29.3 Å². The Kier molecular flexibility index (Phi) is 5.95. The number of rotatable bonds is 5. The normalized spacial score (nSPS) is 18.9. The molecule has 5 rings (SSSR count). The van der Waals surface area contributed by atoms with Crippen molar-refractivity contribution < 1.29 is 29.0 Å². The summed E-state index contributed by atoms with van der Waals surface area (Å²) in [4.78, 5) is 1.42. The highest BCUT2D eigenvalue weighted by Gasteiger charge is 2.31. The summed E-state index contributed by atoms with van der Waals surface area (Å²) < 4.78 is 23.2. The summed E-state index contributed by atoms with van der Waals surface area (Å²) in [7, 11) is 0.629. The van der Waals surface area contributed by atoms with E-state index in [0.29, 0.717) is 11.2 Å². The molecule has 0 fully saturated rings. The van der Waals surface area contributed by atoms with Crippen molar-refractivity contribution in [3.8, 4) is 17.2 Å². The molecule has 0 saturated heterocycles. The minimum Gasteiger partial charge on any atom is -0.494 e. The Labute approximate surface area is 198 Å². The fourth-order valence-electron chi connectivity index (χ4n) is 4.11. The van der Waals surface area contributed by atoms with Gasteiger partial charge < -0.3 is 33.9 Å². The number of ether oxygens (including phenoxy) is 2. The first-order chi connectivity index (χ1) is 16.5. The highest BCUT2D eigenvalue weighted by Crippen LogP contribution is 2.40. The van der Waals surface area contributed by atoms with Crippen molar-refractivity contribution in [3.05, 3.63) is 108 Å². The molecule has 1 heterocycles. The molecule has 34 heavy (non-hydrogen) atoms. The lowest BCUT2D eigenvalue weighted by atomic mass is 9.79. The molecule has 1 atom stereocenters. The van der Waals surface area contributed by atoms with Gasteiger partial charge in [-0.25, -0.2) is 0 Å². The minimum atomic E-state index is -1.000. The molecule has 3 aromatic carbocycles. The van der Waals surface area contributed by atoms with Gasteiger partial charge in [0.15, 0.2) is 0 Å². The van der Waals surface area contributed by atoms with E-state index < -0.39 is 7.12 Å². The zero-order valence-electron chi connectivity index (χ0n) is 18.6. The summed E-state index contributed by atoms with van der Waals surface area (Å²) in [6.45, 7) is 0. The molecule has 0 saturated carbocycles. The van der Waals surface area contributed by atoms with Gasteiger partial charge in [0.2, 0.25) is 0 Å². The van der Waals surface area contributed by atoms with E-state index in [4.69, 9.17) is 18.8 Å². The third kappa shape index (κ3) is 4.76. The van der Waals surface area contributed by atoms with Crippen LogP contribution < -0.4 is 14.9 Å². The summed E-state index contributed by atoms with van der Waals surface area (Å²) in [5.74, 6) is 1.71. The fourth-order valence-corrected chi connectivity index (χ4v) is 4.11. The summed E-state index contributed by atoms with van der Waals surface area (Å²) in [6, 6.07) is 23.0. The summed E-state index contributed by atoms with van der Waals surface area (Å²) >= 11 is 0. The molecule has 2 aliphatic rings. The molecular formula is C26H24BNO6. The van der Waals surface area contributed by atoms with Gasteiger partial charge in [-0.1, -0.05) is 42.5 Å². The summed E-state index contributed by atoms with van der Waals surface area (Å²) in [5.41, 5.74) is 2.90. The Morgan fingerprint density at radius 3 is 2.26 bits per heavy atom. The first-order valence-electron chi connectivity index (χ1n) is 11.0. The monoisotopic (exact) mass is 457 g/mol. The van der Waals surface area contributed by atoms with E-state index in [9.17, 15) is 10.2 Å². The number of benzene rings is 3. The predicted molar refractivity (Wildman–Crippen MR) is 128 cm³/mol. The number of hydrogen-bond acceptors (Lipinski definition) is 7. The Morgan fingerprint density at radius 1 is 0.853 bits per heavy atom. The number of fused-ring (bicyclic) bond motifs is 1. The maximum Gasteiger partial charge on any atom is 0.636 e. The Bertz CT molecular complexity index is 1190. The summed E-state index contributed by atoms with van der Waals surface area (Å²) in [5, 5.41) is 19.9. The Morgan fingerprint density at radius 2 is 1.56 bits per heavy atom. The third-order valence-corrected chi connectivity index (χ3v) is 5.66. The van der Waals surface area contributed by atoms with Crippen molar-refractivity contribution in [1.29, 1.82) is 0 Å². The molecule has 7 nitrogen and oxygen atoms in total. The molecule has 0 radical (unpaired) electrons. The van der Waals surface area contributed by atoms with Gasteiger partial charge in [0.05, 0.1) is 12.4 Å². The second-order valence-electron chi connectivity index (χ2n) is 8.12. The zero-order chi connectivity index (χ0) is 23.5. The molecule has 1 aliphatic carbocycles. The Hall–Kier alpha value is -4.20. The van der Waals surface area contributed by atoms with Crippen LogP contribution >= 0.6 is 0 Å². The number of para-hydroxylation sites is 1. The molecule has 0 bridgehead atoms. The molecule has 1 aliphatic heterocycles. The van der Waals surface area contributed by atoms with Gasteiger partial charge >= 0.3 is 7.12 Å². The van der Waals surface area contributed by atoms with E-state index in [2.05, 4.69) is 6.07 Å². The van der Waals surface area contributed by atoms with Crippen LogP contribution in [0, 0.1) is 0 Å². The smallest absolute Gasteiger partial charge is 0.494 e. The van der Waals surface area contributed by atoms with Crippen LogP contribution in [0.15, 0.2) is 97.1 Å². The molecule has 172 valence electrons. The molecule has 0 unspecified atom stereocenters. The standard InChI is InChI=1S/C26H24BNO6/c1-28-16-25(29)33-27(34-26(30)17-28)18-10-12-20(13-11-18)32-24-15-14-22-21(24)8-5-9-23(22)31-19-6-3-2-4-7-19/h2-13,16-17,24,29-30H,14-15H2,1H3/b25-16-,26-17?/t24-/m1/s1. The number of hydrogen-bond donors (Lipinski definition) is 2. The highest BCUT2D eigenvalue weighted by molar-refractivity contribution is 6.61. The van der Waals surface area contributed by atoms with Crippen molar-refractivity contribution in [3.63, 3.8) is 0 Å². The average molecular weight is 457 g/mol. The molecule has 3 aromatic rings. The lowest BCUT2D eigenvalue weighted by Crippen LogP contribution is -2.37. The van der Waals surface area contributed by atoms with Crippen LogP contribution in [0.2, 0.25) is 0 Å². The first-order valence-corrected chi connectivity index (χ1v) is 11.0. The first kappa shape index (κ1) is 21.6. The SMILES string of the molecule is CN1C=C(O)OB(c2ccc(O[C@@H]3CCc4c(Oc5ccccc5)cccc43)cc2)O/C(O)=C\1. The maximum absolute atomic E-state index is 9.93. The predicted octanol–water partition coefficient (Wildman–Crippen LogP) is 4.93. The molecule has 2 N–H and O–H groups in total. The molecule has 0 spiro atoms. The number of nitrogens with zero attached hydrogens (tertiary/aromatic N) is 1. The molecule has 0 aromatic heterocycles.